The number of nitro groups is 2. The molecule has 2 aromatic rings. The normalized spacial score (nSPS) is 14.3. The smallest absolute Gasteiger partial charge is 0.269 e. The molecule has 0 amide bonds. The molecule has 2 aromatic carbocycles. The summed E-state index contributed by atoms with van der Waals surface area (Å²) in [6, 6.07) is 12.3. The molecule has 3 rings (SSSR count). The lowest BCUT2D eigenvalue weighted by Gasteiger charge is -2.14. The van der Waals surface area contributed by atoms with Crippen molar-refractivity contribution in [1.29, 1.82) is 0 Å². The SMILES string of the molecule is O=[N+]([O-])c1ccc(NN=C2CCCC(=NNc3ccc([N+](=O)[O-])cc3)CCC2)cc1. The molecule has 156 valence electrons. The monoisotopic (exact) mass is 410 g/mol. The molecule has 1 saturated carbocycles. The fourth-order valence-electron chi connectivity index (χ4n) is 3.07. The third-order valence-electron chi connectivity index (χ3n) is 4.70. The second-order valence-corrected chi connectivity index (χ2v) is 6.89. The summed E-state index contributed by atoms with van der Waals surface area (Å²) < 4.78 is 0. The van der Waals surface area contributed by atoms with Gasteiger partial charge in [0.15, 0.2) is 0 Å². The van der Waals surface area contributed by atoms with Gasteiger partial charge in [-0.15, -0.1) is 0 Å². The molecular weight excluding hydrogens is 388 g/mol. The second-order valence-electron chi connectivity index (χ2n) is 6.89. The number of nitrogens with zero attached hydrogens (tertiary/aromatic N) is 4. The quantitative estimate of drug-likeness (QED) is 0.503. The average Bonchev–Trinajstić information content (AvgIpc) is 2.73. The molecule has 0 heterocycles. The van der Waals surface area contributed by atoms with Gasteiger partial charge in [-0.05, 0) is 62.8 Å². The summed E-state index contributed by atoms with van der Waals surface area (Å²) in [5.41, 5.74) is 9.60. The number of hydrogen-bond acceptors (Lipinski definition) is 8. The van der Waals surface area contributed by atoms with E-state index in [4.69, 9.17) is 0 Å². The van der Waals surface area contributed by atoms with Crippen LogP contribution in [0.25, 0.3) is 0 Å². The zero-order valence-electron chi connectivity index (χ0n) is 16.3. The van der Waals surface area contributed by atoms with Gasteiger partial charge >= 0.3 is 0 Å². The first-order chi connectivity index (χ1) is 14.5. The predicted molar refractivity (Wildman–Crippen MR) is 116 cm³/mol. The van der Waals surface area contributed by atoms with E-state index in [1.54, 1.807) is 24.3 Å². The fraction of sp³-hybridized carbons (Fsp3) is 0.300. The van der Waals surface area contributed by atoms with Gasteiger partial charge in [0.25, 0.3) is 11.4 Å². The summed E-state index contributed by atoms with van der Waals surface area (Å²) in [6.45, 7) is 0. The van der Waals surface area contributed by atoms with Gasteiger partial charge in [-0.3, -0.25) is 31.1 Å². The van der Waals surface area contributed by atoms with Gasteiger partial charge in [-0.25, -0.2) is 0 Å². The summed E-state index contributed by atoms with van der Waals surface area (Å²) in [7, 11) is 0. The zero-order valence-corrected chi connectivity index (χ0v) is 16.3. The number of hydrazone groups is 2. The number of nitro benzene ring substituents is 2. The van der Waals surface area contributed by atoms with Crippen molar-refractivity contribution in [3.63, 3.8) is 0 Å². The van der Waals surface area contributed by atoms with Gasteiger partial charge in [0.2, 0.25) is 0 Å². The van der Waals surface area contributed by atoms with Crippen LogP contribution in [0.3, 0.4) is 0 Å². The van der Waals surface area contributed by atoms with E-state index in [1.807, 2.05) is 0 Å². The molecule has 10 heteroatoms. The molecule has 0 aromatic heterocycles. The van der Waals surface area contributed by atoms with E-state index >= 15 is 0 Å². The van der Waals surface area contributed by atoms with Crippen LogP contribution in [-0.4, -0.2) is 21.3 Å². The van der Waals surface area contributed by atoms with Crippen molar-refractivity contribution in [1.82, 2.24) is 0 Å². The maximum Gasteiger partial charge on any atom is 0.269 e. The van der Waals surface area contributed by atoms with Crippen LogP contribution < -0.4 is 10.9 Å². The van der Waals surface area contributed by atoms with Crippen LogP contribution in [0.2, 0.25) is 0 Å². The van der Waals surface area contributed by atoms with Crippen LogP contribution in [0, 0.1) is 20.2 Å². The first-order valence-corrected chi connectivity index (χ1v) is 9.63. The lowest BCUT2D eigenvalue weighted by molar-refractivity contribution is -0.385. The van der Waals surface area contributed by atoms with Crippen LogP contribution in [0.1, 0.15) is 38.5 Å². The molecule has 0 bridgehead atoms. The molecule has 0 unspecified atom stereocenters. The first kappa shape index (κ1) is 20.9. The Morgan fingerprint density at radius 2 is 0.967 bits per heavy atom. The second kappa shape index (κ2) is 10.1. The number of anilines is 2. The number of rotatable bonds is 6. The van der Waals surface area contributed by atoms with Gasteiger partial charge in [0.05, 0.1) is 21.2 Å². The summed E-state index contributed by atoms with van der Waals surface area (Å²) in [5.74, 6) is 0. The van der Waals surface area contributed by atoms with Gasteiger partial charge in [-0.1, -0.05) is 0 Å². The van der Waals surface area contributed by atoms with E-state index in [-0.39, 0.29) is 11.4 Å². The molecule has 0 spiro atoms. The highest BCUT2D eigenvalue weighted by Gasteiger charge is 2.10. The molecule has 0 atom stereocenters. The summed E-state index contributed by atoms with van der Waals surface area (Å²) in [5, 5.41) is 30.3. The van der Waals surface area contributed by atoms with Crippen molar-refractivity contribution in [2.24, 2.45) is 10.2 Å². The number of nitrogens with one attached hydrogen (secondary N) is 2. The highest BCUT2D eigenvalue weighted by molar-refractivity contribution is 5.90. The van der Waals surface area contributed by atoms with Gasteiger partial charge in [0.1, 0.15) is 0 Å². The van der Waals surface area contributed by atoms with Crippen molar-refractivity contribution in [3.8, 4) is 0 Å². The Labute approximate surface area is 173 Å². The molecule has 1 fully saturated rings. The molecule has 10 nitrogen and oxygen atoms in total. The van der Waals surface area contributed by atoms with E-state index in [2.05, 4.69) is 21.1 Å². The maximum atomic E-state index is 10.7. The Morgan fingerprint density at radius 3 is 1.27 bits per heavy atom. The molecule has 1 aliphatic rings. The molecule has 0 aliphatic heterocycles. The zero-order chi connectivity index (χ0) is 21.3. The van der Waals surface area contributed by atoms with Crippen LogP contribution in [0.5, 0.6) is 0 Å². The topological polar surface area (TPSA) is 135 Å². The summed E-state index contributed by atoms with van der Waals surface area (Å²) in [4.78, 5) is 20.5. The third kappa shape index (κ3) is 6.09. The molecule has 1 aliphatic carbocycles. The fourth-order valence-corrected chi connectivity index (χ4v) is 3.07. The Balaban J connectivity index is 1.49. The lowest BCUT2D eigenvalue weighted by Crippen LogP contribution is -2.11. The largest absolute Gasteiger partial charge is 0.279 e. The molecule has 0 radical (unpaired) electrons. The summed E-state index contributed by atoms with van der Waals surface area (Å²) in [6.07, 6.45) is 5.21. The van der Waals surface area contributed by atoms with Gasteiger partial charge in [0, 0.05) is 35.7 Å². The van der Waals surface area contributed by atoms with Gasteiger partial charge in [-0.2, -0.15) is 10.2 Å². The number of non-ortho nitro benzene ring substituents is 2. The number of benzene rings is 2. The Morgan fingerprint density at radius 1 is 0.633 bits per heavy atom. The van der Waals surface area contributed by atoms with Crippen LogP contribution in [0.15, 0.2) is 58.7 Å². The van der Waals surface area contributed by atoms with E-state index in [0.29, 0.717) is 11.4 Å². The molecule has 30 heavy (non-hydrogen) atoms. The Hall–Kier alpha value is -3.82. The van der Waals surface area contributed by atoms with Crippen molar-refractivity contribution in [3.05, 3.63) is 68.8 Å². The van der Waals surface area contributed by atoms with Crippen LogP contribution in [-0.2, 0) is 0 Å². The summed E-state index contributed by atoms with van der Waals surface area (Å²) >= 11 is 0. The highest BCUT2D eigenvalue weighted by Crippen LogP contribution is 2.19. The minimum absolute atomic E-state index is 0.0494. The number of hydrogen-bond donors (Lipinski definition) is 2. The molecule has 2 N–H and O–H groups in total. The van der Waals surface area contributed by atoms with Crippen molar-refractivity contribution in [2.75, 3.05) is 10.9 Å². The maximum absolute atomic E-state index is 10.7. The average molecular weight is 410 g/mol. The van der Waals surface area contributed by atoms with Crippen LogP contribution >= 0.6 is 0 Å². The van der Waals surface area contributed by atoms with Crippen molar-refractivity contribution in [2.45, 2.75) is 38.5 Å². The van der Waals surface area contributed by atoms with Crippen molar-refractivity contribution < 1.29 is 9.85 Å². The van der Waals surface area contributed by atoms with Crippen molar-refractivity contribution >= 4 is 34.2 Å². The van der Waals surface area contributed by atoms with Crippen LogP contribution in [0.4, 0.5) is 22.7 Å². The van der Waals surface area contributed by atoms with E-state index in [1.165, 1.54) is 24.3 Å². The lowest BCUT2D eigenvalue weighted by atomic mass is 9.98. The minimum atomic E-state index is -0.430. The first-order valence-electron chi connectivity index (χ1n) is 9.63. The Bertz CT molecular complexity index is 863. The predicted octanol–water partition coefficient (Wildman–Crippen LogP) is 5.09. The standard InChI is InChI=1S/C20H22N6O4/c27-25(28)19-11-7-17(8-12-19)23-21-15-3-1-4-16(6-2-5-15)22-24-18-9-13-20(14-10-18)26(29)30/h7-14,23-24H,1-6H2. The van der Waals surface area contributed by atoms with E-state index in [9.17, 15) is 20.2 Å². The highest BCUT2D eigenvalue weighted by atomic mass is 16.6. The van der Waals surface area contributed by atoms with E-state index in [0.717, 1.165) is 49.9 Å². The van der Waals surface area contributed by atoms with Gasteiger partial charge < -0.3 is 0 Å². The Kier molecular flexibility index (Phi) is 7.04. The third-order valence-corrected chi connectivity index (χ3v) is 4.70. The molecule has 0 saturated heterocycles. The van der Waals surface area contributed by atoms with E-state index < -0.39 is 9.85 Å². The minimum Gasteiger partial charge on any atom is -0.279 e. The molecular formula is C20H22N6O4.